The van der Waals surface area contributed by atoms with Crippen molar-refractivity contribution in [1.82, 2.24) is 5.32 Å². The van der Waals surface area contributed by atoms with Crippen molar-refractivity contribution in [3.63, 3.8) is 0 Å². The maximum absolute atomic E-state index is 13.0. The normalized spacial score (nSPS) is 12.1. The molecule has 1 rings (SSSR count). The highest BCUT2D eigenvalue weighted by molar-refractivity contribution is 5.90. The molecule has 0 bridgehead atoms. The van der Waals surface area contributed by atoms with Crippen LogP contribution in [0.1, 0.15) is 32.3 Å². The third kappa shape index (κ3) is 4.33. The van der Waals surface area contributed by atoms with Crippen LogP contribution < -0.4 is 10.6 Å². The minimum absolute atomic E-state index is 0.314. The first kappa shape index (κ1) is 18.2. The number of amides is 2. The van der Waals surface area contributed by atoms with Crippen LogP contribution in [0.3, 0.4) is 0 Å². The van der Waals surface area contributed by atoms with Gasteiger partial charge in [-0.05, 0) is 31.0 Å². The minimum Gasteiger partial charge on any atom is -0.394 e. The number of nitrogens with one attached hydrogen (secondary N) is 2. The van der Waals surface area contributed by atoms with Crippen LogP contribution in [0.25, 0.3) is 0 Å². The molecule has 0 atom stereocenters. The summed E-state index contributed by atoms with van der Waals surface area (Å²) < 4.78 is 51.5. The van der Waals surface area contributed by atoms with Gasteiger partial charge in [0, 0.05) is 0 Å². The third-order valence-corrected chi connectivity index (χ3v) is 3.57. The summed E-state index contributed by atoms with van der Waals surface area (Å²) in [5, 5.41) is 13.9. The molecule has 2 amide bonds. The number of hydrogen-bond acceptors (Lipinski definition) is 2. The molecule has 0 fully saturated rings. The van der Waals surface area contributed by atoms with Crippen molar-refractivity contribution in [2.75, 3.05) is 11.9 Å². The zero-order valence-electron chi connectivity index (χ0n) is 12.2. The molecule has 1 aromatic rings. The second-order valence-electron chi connectivity index (χ2n) is 4.91. The molecular formula is C14H18F4N2O2. The van der Waals surface area contributed by atoms with Crippen LogP contribution in [-0.2, 0) is 6.18 Å². The molecule has 1 aromatic carbocycles. The lowest BCUT2D eigenvalue weighted by Gasteiger charge is -2.30. The number of aliphatic hydroxyl groups excluding tert-OH is 1. The van der Waals surface area contributed by atoms with Crippen LogP contribution in [0, 0.1) is 5.82 Å². The van der Waals surface area contributed by atoms with E-state index >= 15 is 0 Å². The standard InChI is InChI=1S/C14H18F4N2O2/c1-3-13(4-2,8-21)20-12(22)19-11-6-5-9(15)7-10(11)14(16,17)18/h5-7,21H,3-4,8H2,1-2H3,(H2,19,20,22). The molecule has 0 saturated heterocycles. The Morgan fingerprint density at radius 3 is 2.27 bits per heavy atom. The van der Waals surface area contributed by atoms with Gasteiger partial charge in [-0.1, -0.05) is 13.8 Å². The lowest BCUT2D eigenvalue weighted by Crippen LogP contribution is -2.52. The number of anilines is 1. The largest absolute Gasteiger partial charge is 0.418 e. The van der Waals surface area contributed by atoms with Gasteiger partial charge in [-0.2, -0.15) is 13.2 Å². The highest BCUT2D eigenvalue weighted by Gasteiger charge is 2.35. The lowest BCUT2D eigenvalue weighted by molar-refractivity contribution is -0.137. The number of carbonyl (C=O) groups excluding carboxylic acids is 1. The predicted octanol–water partition coefficient (Wildman–Crippen LogP) is 3.52. The number of rotatable bonds is 5. The average Bonchev–Trinajstić information content (AvgIpc) is 2.46. The van der Waals surface area contributed by atoms with Crippen LogP contribution in [0.5, 0.6) is 0 Å². The van der Waals surface area contributed by atoms with Crippen molar-refractivity contribution < 1.29 is 27.5 Å². The van der Waals surface area contributed by atoms with E-state index in [9.17, 15) is 27.5 Å². The van der Waals surface area contributed by atoms with Gasteiger partial charge in [0.2, 0.25) is 0 Å². The van der Waals surface area contributed by atoms with Crippen LogP contribution in [0.15, 0.2) is 18.2 Å². The van der Waals surface area contributed by atoms with E-state index in [4.69, 9.17) is 0 Å². The van der Waals surface area contributed by atoms with Crippen molar-refractivity contribution in [3.05, 3.63) is 29.6 Å². The zero-order valence-corrected chi connectivity index (χ0v) is 12.2. The van der Waals surface area contributed by atoms with E-state index in [1.54, 1.807) is 13.8 Å². The van der Waals surface area contributed by atoms with Crippen molar-refractivity contribution in [2.24, 2.45) is 0 Å². The Labute approximate surface area is 125 Å². The fourth-order valence-corrected chi connectivity index (χ4v) is 1.94. The highest BCUT2D eigenvalue weighted by Crippen LogP contribution is 2.35. The monoisotopic (exact) mass is 322 g/mol. The summed E-state index contributed by atoms with van der Waals surface area (Å²) in [4.78, 5) is 11.9. The Balaban J connectivity index is 2.98. The summed E-state index contributed by atoms with van der Waals surface area (Å²) in [5.41, 5.74) is -2.74. The van der Waals surface area contributed by atoms with Crippen molar-refractivity contribution >= 4 is 11.7 Å². The van der Waals surface area contributed by atoms with E-state index in [0.717, 1.165) is 12.1 Å². The molecule has 0 unspecified atom stereocenters. The van der Waals surface area contributed by atoms with Crippen molar-refractivity contribution in [3.8, 4) is 0 Å². The molecule has 0 radical (unpaired) electrons. The van der Waals surface area contributed by atoms with Crippen molar-refractivity contribution in [1.29, 1.82) is 0 Å². The van der Waals surface area contributed by atoms with Gasteiger partial charge in [0.15, 0.2) is 0 Å². The summed E-state index contributed by atoms with van der Waals surface area (Å²) >= 11 is 0. The molecule has 8 heteroatoms. The fourth-order valence-electron chi connectivity index (χ4n) is 1.94. The Hall–Kier alpha value is -1.83. The number of alkyl halides is 3. The van der Waals surface area contributed by atoms with E-state index in [-0.39, 0.29) is 6.61 Å². The van der Waals surface area contributed by atoms with Crippen LogP contribution in [0.2, 0.25) is 0 Å². The lowest BCUT2D eigenvalue weighted by atomic mass is 9.94. The maximum atomic E-state index is 13.0. The van der Waals surface area contributed by atoms with Gasteiger partial charge in [0.05, 0.1) is 23.4 Å². The van der Waals surface area contributed by atoms with Gasteiger partial charge in [-0.3, -0.25) is 0 Å². The van der Waals surface area contributed by atoms with Gasteiger partial charge >= 0.3 is 12.2 Å². The first-order chi connectivity index (χ1) is 10.2. The molecule has 0 aliphatic carbocycles. The summed E-state index contributed by atoms with van der Waals surface area (Å²) in [6.07, 6.45) is -3.99. The number of urea groups is 1. The molecule has 124 valence electrons. The van der Waals surface area contributed by atoms with Gasteiger partial charge in [0.1, 0.15) is 5.82 Å². The quantitative estimate of drug-likeness (QED) is 0.726. The molecular weight excluding hydrogens is 304 g/mol. The molecule has 0 aliphatic heterocycles. The zero-order chi connectivity index (χ0) is 17.0. The van der Waals surface area contributed by atoms with E-state index in [2.05, 4.69) is 10.6 Å². The number of halogens is 4. The molecule has 0 saturated carbocycles. The SMILES string of the molecule is CCC(CC)(CO)NC(=O)Nc1ccc(F)cc1C(F)(F)F. The van der Waals surface area contributed by atoms with Crippen LogP contribution in [0.4, 0.5) is 28.0 Å². The number of aliphatic hydroxyl groups is 1. The molecule has 3 N–H and O–H groups in total. The Morgan fingerprint density at radius 1 is 1.23 bits per heavy atom. The summed E-state index contributed by atoms with van der Waals surface area (Å²) in [6, 6.07) is 1.09. The second-order valence-corrected chi connectivity index (χ2v) is 4.91. The van der Waals surface area contributed by atoms with Crippen LogP contribution in [-0.4, -0.2) is 23.3 Å². The van der Waals surface area contributed by atoms with Crippen molar-refractivity contribution in [2.45, 2.75) is 38.4 Å². The van der Waals surface area contributed by atoms with Gasteiger partial charge < -0.3 is 15.7 Å². The summed E-state index contributed by atoms with van der Waals surface area (Å²) in [6.45, 7) is 3.13. The number of carbonyl (C=O) groups is 1. The first-order valence-corrected chi connectivity index (χ1v) is 6.74. The molecule has 4 nitrogen and oxygen atoms in total. The molecule has 0 aromatic heterocycles. The Bertz CT molecular complexity index is 520. The Kier molecular flexibility index (Phi) is 5.76. The van der Waals surface area contributed by atoms with Crippen LogP contribution >= 0.6 is 0 Å². The first-order valence-electron chi connectivity index (χ1n) is 6.74. The van der Waals surface area contributed by atoms with E-state index in [0.29, 0.717) is 18.9 Å². The molecule has 0 spiro atoms. The topological polar surface area (TPSA) is 61.4 Å². The van der Waals surface area contributed by atoms with Gasteiger partial charge in [0.25, 0.3) is 0 Å². The van der Waals surface area contributed by atoms with E-state index in [1.165, 1.54) is 0 Å². The fraction of sp³-hybridized carbons (Fsp3) is 0.500. The maximum Gasteiger partial charge on any atom is 0.418 e. The average molecular weight is 322 g/mol. The minimum atomic E-state index is -4.80. The number of hydrogen-bond donors (Lipinski definition) is 3. The van der Waals surface area contributed by atoms with E-state index < -0.39 is 34.8 Å². The smallest absolute Gasteiger partial charge is 0.394 e. The summed E-state index contributed by atoms with van der Waals surface area (Å²) in [5.74, 6) is -1.05. The van der Waals surface area contributed by atoms with E-state index in [1.807, 2.05) is 0 Å². The third-order valence-electron chi connectivity index (χ3n) is 3.57. The molecule has 0 aliphatic rings. The molecule has 22 heavy (non-hydrogen) atoms. The summed E-state index contributed by atoms with van der Waals surface area (Å²) in [7, 11) is 0. The Morgan fingerprint density at radius 2 is 1.82 bits per heavy atom. The van der Waals surface area contributed by atoms with Gasteiger partial charge in [-0.25, -0.2) is 9.18 Å². The molecule has 0 heterocycles. The highest BCUT2D eigenvalue weighted by atomic mass is 19.4. The predicted molar refractivity (Wildman–Crippen MR) is 74.0 cm³/mol. The number of benzene rings is 1. The van der Waals surface area contributed by atoms with Gasteiger partial charge in [-0.15, -0.1) is 0 Å². The second kappa shape index (κ2) is 6.95.